The van der Waals surface area contributed by atoms with Crippen molar-refractivity contribution in [1.29, 1.82) is 0 Å². The molecule has 2 rings (SSSR count). The van der Waals surface area contributed by atoms with E-state index in [9.17, 15) is 0 Å². The predicted molar refractivity (Wildman–Crippen MR) is 86.8 cm³/mol. The van der Waals surface area contributed by atoms with Gasteiger partial charge in [-0.3, -0.25) is 0 Å². The van der Waals surface area contributed by atoms with Gasteiger partial charge in [0.1, 0.15) is 11.3 Å². The highest BCUT2D eigenvalue weighted by Crippen LogP contribution is 2.28. The minimum atomic E-state index is -0.129. The van der Waals surface area contributed by atoms with E-state index in [2.05, 4.69) is 34.4 Å². The highest BCUT2D eigenvalue weighted by Gasteiger charge is 2.16. The van der Waals surface area contributed by atoms with Crippen molar-refractivity contribution in [2.45, 2.75) is 32.7 Å². The lowest BCUT2D eigenvalue weighted by molar-refractivity contribution is 0.290. The SMILES string of the molecule is CCN(CC)CCn1c(C(C)Cl)nc2c(Cl)cccc21. The molecule has 0 aliphatic carbocycles. The minimum absolute atomic E-state index is 0.129. The second-order valence-electron chi connectivity index (χ2n) is 4.87. The molecule has 0 amide bonds. The summed E-state index contributed by atoms with van der Waals surface area (Å²) in [5, 5.41) is 0.554. The van der Waals surface area contributed by atoms with Crippen LogP contribution in [0.4, 0.5) is 0 Å². The van der Waals surface area contributed by atoms with E-state index in [1.54, 1.807) is 0 Å². The number of nitrogens with zero attached hydrogens (tertiary/aromatic N) is 3. The lowest BCUT2D eigenvalue weighted by Crippen LogP contribution is -2.27. The smallest absolute Gasteiger partial charge is 0.127 e. The van der Waals surface area contributed by atoms with Gasteiger partial charge in [-0.2, -0.15) is 0 Å². The monoisotopic (exact) mass is 313 g/mol. The van der Waals surface area contributed by atoms with Crippen molar-refractivity contribution in [1.82, 2.24) is 14.5 Å². The first kappa shape index (κ1) is 15.6. The van der Waals surface area contributed by atoms with Crippen LogP contribution in [-0.2, 0) is 6.54 Å². The van der Waals surface area contributed by atoms with Crippen LogP contribution in [0.3, 0.4) is 0 Å². The number of alkyl halides is 1. The number of para-hydroxylation sites is 1. The molecule has 20 heavy (non-hydrogen) atoms. The van der Waals surface area contributed by atoms with Crippen LogP contribution in [0.1, 0.15) is 32.0 Å². The maximum atomic E-state index is 6.28. The molecule has 1 atom stereocenters. The number of hydrogen-bond acceptors (Lipinski definition) is 2. The molecule has 0 radical (unpaired) electrons. The zero-order valence-corrected chi connectivity index (χ0v) is 13.7. The zero-order valence-electron chi connectivity index (χ0n) is 12.2. The van der Waals surface area contributed by atoms with E-state index in [-0.39, 0.29) is 5.38 Å². The van der Waals surface area contributed by atoms with Gasteiger partial charge >= 0.3 is 0 Å². The quantitative estimate of drug-likeness (QED) is 0.740. The highest BCUT2D eigenvalue weighted by atomic mass is 35.5. The standard InChI is InChI=1S/C15H21Cl2N3/c1-4-19(5-2)9-10-20-13-8-6-7-12(17)14(13)18-15(20)11(3)16/h6-8,11H,4-5,9-10H2,1-3H3. The molecule has 1 unspecified atom stereocenters. The summed E-state index contributed by atoms with van der Waals surface area (Å²) < 4.78 is 2.19. The third-order valence-electron chi connectivity index (χ3n) is 3.65. The normalized spacial score (nSPS) is 13.3. The Morgan fingerprint density at radius 1 is 1.30 bits per heavy atom. The summed E-state index contributed by atoms with van der Waals surface area (Å²) >= 11 is 12.5. The molecule has 0 spiro atoms. The molecule has 0 bridgehead atoms. The molecule has 110 valence electrons. The van der Waals surface area contributed by atoms with Crippen LogP contribution in [0.15, 0.2) is 18.2 Å². The summed E-state index contributed by atoms with van der Waals surface area (Å²) in [6, 6.07) is 5.89. The molecule has 0 fully saturated rings. The molecular formula is C15H21Cl2N3. The fourth-order valence-electron chi connectivity index (χ4n) is 2.45. The van der Waals surface area contributed by atoms with Gasteiger partial charge in [0.05, 0.1) is 15.9 Å². The van der Waals surface area contributed by atoms with Gasteiger partial charge in [-0.15, -0.1) is 11.6 Å². The first-order valence-electron chi connectivity index (χ1n) is 7.09. The lowest BCUT2D eigenvalue weighted by atomic mass is 10.3. The summed E-state index contributed by atoms with van der Waals surface area (Å²) in [4.78, 5) is 7.01. The lowest BCUT2D eigenvalue weighted by Gasteiger charge is -2.19. The second kappa shape index (κ2) is 6.79. The molecular weight excluding hydrogens is 293 g/mol. The molecule has 3 nitrogen and oxygen atoms in total. The van der Waals surface area contributed by atoms with Crippen molar-refractivity contribution in [3.05, 3.63) is 29.0 Å². The molecule has 1 heterocycles. The molecule has 0 N–H and O–H groups in total. The first-order valence-corrected chi connectivity index (χ1v) is 7.91. The van der Waals surface area contributed by atoms with E-state index in [0.717, 1.165) is 43.0 Å². The third-order valence-corrected chi connectivity index (χ3v) is 4.15. The number of aromatic nitrogens is 2. The van der Waals surface area contributed by atoms with E-state index in [0.29, 0.717) is 5.02 Å². The van der Waals surface area contributed by atoms with Gasteiger partial charge in [0.25, 0.3) is 0 Å². The molecule has 5 heteroatoms. The van der Waals surface area contributed by atoms with Crippen LogP contribution in [0, 0.1) is 0 Å². The predicted octanol–water partition coefficient (Wildman–Crippen LogP) is 4.33. The van der Waals surface area contributed by atoms with Crippen LogP contribution >= 0.6 is 23.2 Å². The van der Waals surface area contributed by atoms with Gasteiger partial charge < -0.3 is 9.47 Å². The molecule has 1 aromatic heterocycles. The van der Waals surface area contributed by atoms with E-state index < -0.39 is 0 Å². The van der Waals surface area contributed by atoms with Gasteiger partial charge in [-0.25, -0.2) is 4.98 Å². The summed E-state index contributed by atoms with van der Waals surface area (Å²) in [6.07, 6.45) is 0. The third kappa shape index (κ3) is 3.11. The van der Waals surface area contributed by atoms with Crippen molar-refractivity contribution in [2.75, 3.05) is 19.6 Å². The topological polar surface area (TPSA) is 21.1 Å². The van der Waals surface area contributed by atoms with Gasteiger partial charge in [0, 0.05) is 13.1 Å². The Bertz CT molecular complexity index is 574. The maximum Gasteiger partial charge on any atom is 0.127 e. The van der Waals surface area contributed by atoms with E-state index in [4.69, 9.17) is 23.2 Å². The van der Waals surface area contributed by atoms with Crippen LogP contribution in [0.5, 0.6) is 0 Å². The van der Waals surface area contributed by atoms with E-state index in [1.165, 1.54) is 0 Å². The van der Waals surface area contributed by atoms with Crippen molar-refractivity contribution < 1.29 is 0 Å². The summed E-state index contributed by atoms with van der Waals surface area (Å²) in [5.41, 5.74) is 1.91. The van der Waals surface area contributed by atoms with Crippen molar-refractivity contribution in [3.63, 3.8) is 0 Å². The molecule has 1 aromatic carbocycles. The van der Waals surface area contributed by atoms with Crippen molar-refractivity contribution in [3.8, 4) is 0 Å². The molecule has 2 aromatic rings. The van der Waals surface area contributed by atoms with Crippen LogP contribution in [0.25, 0.3) is 11.0 Å². The fourth-order valence-corrected chi connectivity index (χ4v) is 2.83. The Morgan fingerprint density at radius 3 is 2.60 bits per heavy atom. The first-order chi connectivity index (χ1) is 9.58. The maximum absolute atomic E-state index is 6.28. The molecule has 0 saturated heterocycles. The minimum Gasteiger partial charge on any atom is -0.325 e. The molecule has 0 aliphatic heterocycles. The van der Waals surface area contributed by atoms with Crippen LogP contribution < -0.4 is 0 Å². The number of halogens is 2. The van der Waals surface area contributed by atoms with Gasteiger partial charge in [-0.1, -0.05) is 31.5 Å². The molecule has 0 aliphatic rings. The van der Waals surface area contributed by atoms with Crippen molar-refractivity contribution >= 4 is 34.2 Å². The number of likely N-dealkylation sites (N-methyl/N-ethyl adjacent to an activating group) is 1. The number of fused-ring (bicyclic) bond motifs is 1. The van der Waals surface area contributed by atoms with Crippen molar-refractivity contribution in [2.24, 2.45) is 0 Å². The summed E-state index contributed by atoms with van der Waals surface area (Å²) in [7, 11) is 0. The molecule has 0 saturated carbocycles. The second-order valence-corrected chi connectivity index (χ2v) is 5.93. The Labute approximate surface area is 130 Å². The number of imidazole rings is 1. The number of rotatable bonds is 6. The van der Waals surface area contributed by atoms with Gasteiger partial charge in [0.15, 0.2) is 0 Å². The Balaban J connectivity index is 2.39. The fraction of sp³-hybridized carbons (Fsp3) is 0.533. The van der Waals surface area contributed by atoms with E-state index >= 15 is 0 Å². The summed E-state index contributed by atoms with van der Waals surface area (Å²) in [5.74, 6) is 0.891. The average Bonchev–Trinajstić information content (AvgIpc) is 2.80. The number of hydrogen-bond donors (Lipinski definition) is 0. The largest absolute Gasteiger partial charge is 0.325 e. The summed E-state index contributed by atoms with van der Waals surface area (Å²) in [6.45, 7) is 10.3. The van der Waals surface area contributed by atoms with E-state index in [1.807, 2.05) is 19.1 Å². The van der Waals surface area contributed by atoms with Gasteiger partial charge in [0.2, 0.25) is 0 Å². The van der Waals surface area contributed by atoms with Gasteiger partial charge in [-0.05, 0) is 32.1 Å². The van der Waals surface area contributed by atoms with Crippen LogP contribution in [0.2, 0.25) is 5.02 Å². The Hall–Kier alpha value is -0.770. The Kier molecular flexibility index (Phi) is 5.30. The number of benzene rings is 1. The average molecular weight is 314 g/mol. The van der Waals surface area contributed by atoms with Crippen LogP contribution in [-0.4, -0.2) is 34.1 Å². The Morgan fingerprint density at radius 2 is 2.00 bits per heavy atom. The highest BCUT2D eigenvalue weighted by molar-refractivity contribution is 6.35. The zero-order chi connectivity index (χ0) is 14.7.